The number of hydrogen-bond acceptors (Lipinski definition) is 6. The Morgan fingerprint density at radius 2 is 2.33 bits per heavy atom. The second kappa shape index (κ2) is 4.69. The first-order valence-electron chi connectivity index (χ1n) is 5.72. The van der Waals surface area contributed by atoms with Gasteiger partial charge in [0.1, 0.15) is 17.5 Å². The van der Waals surface area contributed by atoms with E-state index in [1.807, 2.05) is 11.4 Å². The van der Waals surface area contributed by atoms with Crippen molar-refractivity contribution in [2.45, 2.75) is 13.3 Å². The number of anilines is 1. The molecule has 0 saturated carbocycles. The van der Waals surface area contributed by atoms with Crippen molar-refractivity contribution in [3.05, 3.63) is 24.1 Å². The Morgan fingerprint density at radius 1 is 1.39 bits per heavy atom. The molecule has 0 radical (unpaired) electrons. The molecule has 6 nitrogen and oxygen atoms in total. The smallest absolute Gasteiger partial charge is 0.226 e. The van der Waals surface area contributed by atoms with Crippen LogP contribution in [0.1, 0.15) is 13.3 Å². The Labute approximate surface area is 108 Å². The molecule has 3 aromatic rings. The Balaban J connectivity index is 2.12. The molecular weight excluding hydrogens is 248 g/mol. The molecule has 0 atom stereocenters. The summed E-state index contributed by atoms with van der Waals surface area (Å²) in [5.74, 6) is 1.40. The maximum absolute atomic E-state index is 4.50. The fourth-order valence-corrected chi connectivity index (χ4v) is 2.41. The molecule has 0 aromatic carbocycles. The van der Waals surface area contributed by atoms with E-state index in [4.69, 9.17) is 0 Å². The van der Waals surface area contributed by atoms with Crippen LogP contribution in [0.3, 0.4) is 0 Å². The van der Waals surface area contributed by atoms with Crippen molar-refractivity contribution in [3.63, 3.8) is 0 Å². The first kappa shape index (κ1) is 11.1. The van der Waals surface area contributed by atoms with Crippen LogP contribution < -0.4 is 5.32 Å². The number of nitrogens with zero attached hydrogens (tertiary/aromatic N) is 5. The lowest BCUT2D eigenvalue weighted by atomic mass is 10.4. The molecule has 18 heavy (non-hydrogen) atoms. The van der Waals surface area contributed by atoms with Crippen molar-refractivity contribution < 1.29 is 0 Å². The van der Waals surface area contributed by atoms with Crippen LogP contribution in [-0.2, 0) is 0 Å². The van der Waals surface area contributed by atoms with Crippen molar-refractivity contribution in [2.75, 3.05) is 11.9 Å². The maximum Gasteiger partial charge on any atom is 0.226 e. The predicted octanol–water partition coefficient (Wildman–Crippen LogP) is 2.09. The Hall–Kier alpha value is -2.02. The van der Waals surface area contributed by atoms with Gasteiger partial charge in [0.25, 0.3) is 0 Å². The van der Waals surface area contributed by atoms with Crippen LogP contribution in [-0.4, -0.2) is 31.3 Å². The van der Waals surface area contributed by atoms with E-state index in [-0.39, 0.29) is 0 Å². The molecule has 0 aliphatic heterocycles. The largest absolute Gasteiger partial charge is 0.354 e. The topological polar surface area (TPSA) is 68.5 Å². The molecule has 92 valence electrons. The lowest BCUT2D eigenvalue weighted by molar-refractivity contribution is 0.847. The number of hydrogen-bond donors (Lipinski definition) is 1. The number of thiophene rings is 1. The molecular formula is C11H12N6S. The lowest BCUT2D eigenvalue weighted by Gasteiger charge is -2.06. The van der Waals surface area contributed by atoms with Gasteiger partial charge < -0.3 is 5.32 Å². The maximum atomic E-state index is 4.50. The molecule has 1 N–H and O–H groups in total. The quantitative estimate of drug-likeness (QED) is 0.778. The predicted molar refractivity (Wildman–Crippen MR) is 71.1 cm³/mol. The molecule has 0 saturated heterocycles. The van der Waals surface area contributed by atoms with Gasteiger partial charge in [-0.05, 0) is 17.9 Å². The number of nitrogens with one attached hydrogen (secondary N) is 1. The van der Waals surface area contributed by atoms with Gasteiger partial charge in [0.2, 0.25) is 5.95 Å². The second-order valence-electron chi connectivity index (χ2n) is 3.78. The van der Waals surface area contributed by atoms with Gasteiger partial charge in [0.15, 0.2) is 5.82 Å². The van der Waals surface area contributed by atoms with Crippen molar-refractivity contribution in [3.8, 4) is 5.82 Å². The molecule has 0 unspecified atom stereocenters. The van der Waals surface area contributed by atoms with E-state index in [0.29, 0.717) is 5.95 Å². The van der Waals surface area contributed by atoms with Gasteiger partial charge in [-0.2, -0.15) is 10.1 Å². The summed E-state index contributed by atoms with van der Waals surface area (Å²) >= 11 is 1.59. The van der Waals surface area contributed by atoms with Crippen molar-refractivity contribution >= 4 is 27.5 Å². The summed E-state index contributed by atoms with van der Waals surface area (Å²) in [5, 5.41) is 10.3. The SMILES string of the molecule is CCCNc1nc(-n2cncn2)c2ccsc2n1. The van der Waals surface area contributed by atoms with Gasteiger partial charge in [0, 0.05) is 6.54 Å². The van der Waals surface area contributed by atoms with Crippen LogP contribution in [0.2, 0.25) is 0 Å². The summed E-state index contributed by atoms with van der Waals surface area (Å²) in [6, 6.07) is 2.00. The summed E-state index contributed by atoms with van der Waals surface area (Å²) < 4.78 is 1.66. The van der Waals surface area contributed by atoms with Crippen LogP contribution in [0.15, 0.2) is 24.1 Å². The van der Waals surface area contributed by atoms with Crippen molar-refractivity contribution in [1.82, 2.24) is 24.7 Å². The zero-order chi connectivity index (χ0) is 12.4. The third-order valence-electron chi connectivity index (χ3n) is 2.47. The van der Waals surface area contributed by atoms with E-state index >= 15 is 0 Å². The number of rotatable bonds is 4. The molecule has 0 bridgehead atoms. The van der Waals surface area contributed by atoms with Gasteiger partial charge in [-0.25, -0.2) is 14.6 Å². The zero-order valence-electron chi connectivity index (χ0n) is 9.87. The van der Waals surface area contributed by atoms with E-state index < -0.39 is 0 Å². The normalized spacial score (nSPS) is 10.9. The van der Waals surface area contributed by atoms with Crippen LogP contribution in [0, 0.1) is 0 Å². The van der Waals surface area contributed by atoms with E-state index in [9.17, 15) is 0 Å². The Morgan fingerprint density at radius 3 is 3.11 bits per heavy atom. The van der Waals surface area contributed by atoms with Gasteiger partial charge in [-0.3, -0.25) is 0 Å². The fraction of sp³-hybridized carbons (Fsp3) is 0.273. The zero-order valence-corrected chi connectivity index (χ0v) is 10.7. The molecule has 7 heteroatoms. The molecule has 3 aromatic heterocycles. The van der Waals surface area contributed by atoms with E-state index in [0.717, 1.165) is 29.0 Å². The van der Waals surface area contributed by atoms with Gasteiger partial charge in [-0.15, -0.1) is 11.3 Å². The van der Waals surface area contributed by atoms with Gasteiger partial charge in [0.05, 0.1) is 5.39 Å². The highest BCUT2D eigenvalue weighted by atomic mass is 32.1. The minimum atomic E-state index is 0.636. The Kier molecular flexibility index (Phi) is 2.89. The molecule has 0 spiro atoms. The minimum Gasteiger partial charge on any atom is -0.354 e. The first-order valence-corrected chi connectivity index (χ1v) is 6.60. The van der Waals surface area contributed by atoms with E-state index in [1.165, 1.54) is 6.33 Å². The van der Waals surface area contributed by atoms with Crippen molar-refractivity contribution in [1.29, 1.82) is 0 Å². The van der Waals surface area contributed by atoms with E-state index in [1.54, 1.807) is 22.3 Å². The highest BCUT2D eigenvalue weighted by molar-refractivity contribution is 7.16. The minimum absolute atomic E-state index is 0.636. The molecule has 0 fully saturated rings. The standard InChI is InChI=1S/C11H12N6S/c1-2-4-13-11-15-9(17-7-12-6-14-17)8-3-5-18-10(8)16-11/h3,5-7H,2,4H2,1H3,(H,13,15,16). The van der Waals surface area contributed by atoms with Crippen LogP contribution >= 0.6 is 11.3 Å². The number of fused-ring (bicyclic) bond motifs is 1. The second-order valence-corrected chi connectivity index (χ2v) is 4.67. The average molecular weight is 260 g/mol. The van der Waals surface area contributed by atoms with Crippen LogP contribution in [0.25, 0.3) is 16.0 Å². The van der Waals surface area contributed by atoms with Gasteiger partial charge >= 0.3 is 0 Å². The van der Waals surface area contributed by atoms with Crippen molar-refractivity contribution in [2.24, 2.45) is 0 Å². The first-order chi connectivity index (χ1) is 8.88. The molecule has 0 amide bonds. The van der Waals surface area contributed by atoms with Crippen LogP contribution in [0.5, 0.6) is 0 Å². The summed E-state index contributed by atoms with van der Waals surface area (Å²) in [6.45, 7) is 2.96. The highest BCUT2D eigenvalue weighted by Gasteiger charge is 2.10. The molecule has 3 heterocycles. The molecule has 0 aliphatic rings. The summed E-state index contributed by atoms with van der Waals surface area (Å²) in [4.78, 5) is 13.9. The third-order valence-corrected chi connectivity index (χ3v) is 3.28. The summed E-state index contributed by atoms with van der Waals surface area (Å²) in [5.41, 5.74) is 0. The molecule has 0 aliphatic carbocycles. The summed E-state index contributed by atoms with van der Waals surface area (Å²) in [6.07, 6.45) is 4.17. The molecule has 3 rings (SSSR count). The summed E-state index contributed by atoms with van der Waals surface area (Å²) in [7, 11) is 0. The Bertz CT molecular complexity index is 645. The average Bonchev–Trinajstić information content (AvgIpc) is 3.05. The monoisotopic (exact) mass is 260 g/mol. The van der Waals surface area contributed by atoms with Gasteiger partial charge in [-0.1, -0.05) is 6.92 Å². The van der Waals surface area contributed by atoms with Crippen LogP contribution in [0.4, 0.5) is 5.95 Å². The highest BCUT2D eigenvalue weighted by Crippen LogP contribution is 2.24. The lowest BCUT2D eigenvalue weighted by Crippen LogP contribution is -2.07. The fourth-order valence-electron chi connectivity index (χ4n) is 1.65. The number of aromatic nitrogens is 5. The van der Waals surface area contributed by atoms with E-state index in [2.05, 4.69) is 32.3 Å². The third kappa shape index (κ3) is 1.92.